The standard InChI is InChI=1S/C17H21ClN4O2/c1-21(11-17(19)23)9-13-10-22(6-7-24-13)16-4-5-20-15-8-12(18)2-3-14(15)16/h2-5,8,13H,6-7,9-11H2,1H3,(H2,19,23). The zero-order valence-electron chi connectivity index (χ0n) is 13.6. The van der Waals surface area contributed by atoms with Gasteiger partial charge in [-0.3, -0.25) is 14.7 Å². The van der Waals surface area contributed by atoms with E-state index in [9.17, 15) is 4.79 Å². The number of primary amides is 1. The van der Waals surface area contributed by atoms with Crippen molar-refractivity contribution in [2.24, 2.45) is 5.73 Å². The van der Waals surface area contributed by atoms with E-state index in [2.05, 4.69) is 9.88 Å². The molecule has 2 heterocycles. The Bertz CT molecular complexity index is 740. The number of hydrogen-bond acceptors (Lipinski definition) is 5. The van der Waals surface area contributed by atoms with Gasteiger partial charge in [0.05, 0.1) is 24.8 Å². The SMILES string of the molecule is CN(CC(N)=O)CC1CN(c2ccnc3cc(Cl)ccc23)CCO1. The van der Waals surface area contributed by atoms with Gasteiger partial charge in [-0.25, -0.2) is 0 Å². The number of morpholine rings is 1. The molecule has 24 heavy (non-hydrogen) atoms. The number of anilines is 1. The predicted molar refractivity (Wildman–Crippen MR) is 95.4 cm³/mol. The van der Waals surface area contributed by atoms with E-state index in [4.69, 9.17) is 22.1 Å². The van der Waals surface area contributed by atoms with E-state index in [1.54, 1.807) is 6.20 Å². The van der Waals surface area contributed by atoms with Crippen LogP contribution in [-0.2, 0) is 9.53 Å². The summed E-state index contributed by atoms with van der Waals surface area (Å²) in [4.78, 5) is 19.6. The number of halogens is 1. The Kier molecular flexibility index (Phi) is 5.18. The molecule has 1 atom stereocenters. The van der Waals surface area contributed by atoms with Crippen LogP contribution in [0, 0.1) is 0 Å². The largest absolute Gasteiger partial charge is 0.373 e. The smallest absolute Gasteiger partial charge is 0.231 e. The van der Waals surface area contributed by atoms with Crippen LogP contribution < -0.4 is 10.6 Å². The first-order valence-corrected chi connectivity index (χ1v) is 8.28. The van der Waals surface area contributed by atoms with Gasteiger partial charge in [0.15, 0.2) is 0 Å². The minimum atomic E-state index is -0.331. The average molecular weight is 349 g/mol. The quantitative estimate of drug-likeness (QED) is 0.886. The van der Waals surface area contributed by atoms with Gasteiger partial charge in [-0.15, -0.1) is 0 Å². The Morgan fingerprint density at radius 3 is 3.12 bits per heavy atom. The van der Waals surface area contributed by atoms with Gasteiger partial charge in [0.1, 0.15) is 0 Å². The third-order valence-corrected chi connectivity index (χ3v) is 4.34. The molecule has 0 spiro atoms. The number of rotatable bonds is 5. The van der Waals surface area contributed by atoms with Crippen LogP contribution >= 0.6 is 11.6 Å². The minimum absolute atomic E-state index is 0.0265. The number of ether oxygens (including phenoxy) is 1. The number of fused-ring (bicyclic) bond motifs is 1. The van der Waals surface area contributed by atoms with E-state index >= 15 is 0 Å². The molecule has 1 fully saturated rings. The Morgan fingerprint density at radius 2 is 2.33 bits per heavy atom. The molecule has 3 rings (SSSR count). The number of amides is 1. The molecule has 1 saturated heterocycles. The highest BCUT2D eigenvalue weighted by atomic mass is 35.5. The molecule has 6 nitrogen and oxygen atoms in total. The van der Waals surface area contributed by atoms with Gasteiger partial charge in [-0.05, 0) is 31.3 Å². The molecule has 2 N–H and O–H groups in total. The molecule has 1 aliphatic rings. The van der Waals surface area contributed by atoms with Crippen molar-refractivity contribution in [2.75, 3.05) is 44.7 Å². The van der Waals surface area contributed by atoms with Gasteiger partial charge in [0.25, 0.3) is 0 Å². The van der Waals surface area contributed by atoms with Crippen molar-refractivity contribution in [1.82, 2.24) is 9.88 Å². The maximum absolute atomic E-state index is 11.0. The number of benzene rings is 1. The predicted octanol–water partition coefficient (Wildman–Crippen LogP) is 1.51. The molecule has 128 valence electrons. The van der Waals surface area contributed by atoms with Crippen LogP contribution in [0.15, 0.2) is 30.5 Å². The van der Waals surface area contributed by atoms with Crippen molar-refractivity contribution in [3.8, 4) is 0 Å². The van der Waals surface area contributed by atoms with E-state index in [0.717, 1.165) is 29.7 Å². The average Bonchev–Trinajstić information content (AvgIpc) is 2.53. The summed E-state index contributed by atoms with van der Waals surface area (Å²) in [6.45, 7) is 3.11. The second-order valence-corrected chi connectivity index (χ2v) is 6.53. The summed E-state index contributed by atoms with van der Waals surface area (Å²) in [5.74, 6) is -0.331. The second kappa shape index (κ2) is 7.34. The molecule has 0 radical (unpaired) electrons. The van der Waals surface area contributed by atoms with Crippen molar-refractivity contribution < 1.29 is 9.53 Å². The molecule has 7 heteroatoms. The number of carbonyl (C=O) groups excluding carboxylic acids is 1. The lowest BCUT2D eigenvalue weighted by molar-refractivity contribution is -0.119. The van der Waals surface area contributed by atoms with E-state index in [0.29, 0.717) is 18.2 Å². The lowest BCUT2D eigenvalue weighted by Crippen LogP contribution is -2.48. The summed E-state index contributed by atoms with van der Waals surface area (Å²) in [6, 6.07) is 7.78. The topological polar surface area (TPSA) is 71.7 Å². The molecule has 0 bridgehead atoms. The van der Waals surface area contributed by atoms with Gasteiger partial charge in [-0.1, -0.05) is 11.6 Å². The van der Waals surface area contributed by atoms with Gasteiger partial charge in [-0.2, -0.15) is 0 Å². The monoisotopic (exact) mass is 348 g/mol. The van der Waals surface area contributed by atoms with Crippen LogP contribution in [0.3, 0.4) is 0 Å². The van der Waals surface area contributed by atoms with E-state index in [1.807, 2.05) is 36.2 Å². The van der Waals surface area contributed by atoms with Crippen LogP contribution in [0.2, 0.25) is 5.02 Å². The van der Waals surface area contributed by atoms with Crippen LogP contribution in [0.4, 0.5) is 5.69 Å². The minimum Gasteiger partial charge on any atom is -0.373 e. The molecule has 1 aromatic carbocycles. The fourth-order valence-electron chi connectivity index (χ4n) is 3.11. The zero-order valence-corrected chi connectivity index (χ0v) is 14.4. The molecule has 1 aromatic heterocycles. The highest BCUT2D eigenvalue weighted by Gasteiger charge is 2.23. The molecule has 1 aliphatic heterocycles. The summed E-state index contributed by atoms with van der Waals surface area (Å²) >= 11 is 6.06. The van der Waals surface area contributed by atoms with Crippen LogP contribution in [0.5, 0.6) is 0 Å². The molecule has 0 saturated carbocycles. The lowest BCUT2D eigenvalue weighted by atomic mass is 10.1. The van der Waals surface area contributed by atoms with E-state index < -0.39 is 0 Å². The summed E-state index contributed by atoms with van der Waals surface area (Å²) in [7, 11) is 1.87. The Morgan fingerprint density at radius 1 is 1.50 bits per heavy atom. The number of nitrogens with zero attached hydrogens (tertiary/aromatic N) is 3. The van der Waals surface area contributed by atoms with E-state index in [-0.39, 0.29) is 18.6 Å². The Hall–Kier alpha value is -1.89. The highest BCUT2D eigenvalue weighted by Crippen LogP contribution is 2.28. The summed E-state index contributed by atoms with van der Waals surface area (Å²) in [6.07, 6.45) is 1.83. The summed E-state index contributed by atoms with van der Waals surface area (Å²) in [5.41, 5.74) is 7.25. The zero-order chi connectivity index (χ0) is 17.1. The first-order chi connectivity index (χ1) is 11.5. The molecule has 1 unspecified atom stereocenters. The number of aromatic nitrogens is 1. The highest BCUT2D eigenvalue weighted by molar-refractivity contribution is 6.31. The Labute approximate surface area is 146 Å². The van der Waals surface area contributed by atoms with Gasteiger partial charge < -0.3 is 15.4 Å². The second-order valence-electron chi connectivity index (χ2n) is 6.09. The fraction of sp³-hybridized carbons (Fsp3) is 0.412. The van der Waals surface area contributed by atoms with Gasteiger partial charge in [0.2, 0.25) is 5.91 Å². The number of nitrogens with two attached hydrogens (primary N) is 1. The molecule has 1 amide bonds. The molecular weight excluding hydrogens is 328 g/mol. The van der Waals surface area contributed by atoms with E-state index in [1.165, 1.54) is 0 Å². The maximum atomic E-state index is 11.0. The van der Waals surface area contributed by atoms with Crippen LogP contribution in [-0.4, -0.2) is 61.7 Å². The molecule has 0 aliphatic carbocycles. The number of likely N-dealkylation sites (N-methyl/N-ethyl adjacent to an activating group) is 1. The first-order valence-electron chi connectivity index (χ1n) is 7.90. The van der Waals surface area contributed by atoms with Gasteiger partial charge >= 0.3 is 0 Å². The normalized spacial score (nSPS) is 18.3. The third-order valence-electron chi connectivity index (χ3n) is 4.10. The van der Waals surface area contributed by atoms with Crippen molar-refractivity contribution >= 4 is 34.1 Å². The van der Waals surface area contributed by atoms with Crippen molar-refractivity contribution in [2.45, 2.75) is 6.10 Å². The third kappa shape index (κ3) is 3.95. The Balaban J connectivity index is 1.76. The summed E-state index contributed by atoms with van der Waals surface area (Å²) in [5, 5.41) is 1.76. The maximum Gasteiger partial charge on any atom is 0.231 e. The van der Waals surface area contributed by atoms with Gasteiger partial charge in [0, 0.05) is 41.9 Å². The number of hydrogen-bond donors (Lipinski definition) is 1. The number of carbonyl (C=O) groups is 1. The lowest BCUT2D eigenvalue weighted by Gasteiger charge is -2.36. The molecular formula is C17H21ClN4O2. The fourth-order valence-corrected chi connectivity index (χ4v) is 3.28. The van der Waals surface area contributed by atoms with Crippen molar-refractivity contribution in [3.63, 3.8) is 0 Å². The van der Waals surface area contributed by atoms with Crippen molar-refractivity contribution in [3.05, 3.63) is 35.5 Å². The van der Waals surface area contributed by atoms with Crippen molar-refractivity contribution in [1.29, 1.82) is 0 Å². The van der Waals surface area contributed by atoms with Crippen LogP contribution in [0.1, 0.15) is 0 Å². The first kappa shape index (κ1) is 17.0. The number of pyridine rings is 1. The molecule has 2 aromatic rings. The summed E-state index contributed by atoms with van der Waals surface area (Å²) < 4.78 is 5.84. The van der Waals surface area contributed by atoms with Crippen LogP contribution in [0.25, 0.3) is 10.9 Å².